The number of halogens is 1. The van der Waals surface area contributed by atoms with Gasteiger partial charge in [0.25, 0.3) is 0 Å². The molecule has 0 atom stereocenters. The smallest absolute Gasteiger partial charge is 0.240 e. The average Bonchev–Trinajstić information content (AvgIpc) is 2.73. The molecule has 2 N–H and O–H groups in total. The zero-order chi connectivity index (χ0) is 21.8. The molecule has 0 heterocycles. The monoisotopic (exact) mass is 523 g/mol. The normalized spacial score (nSPS) is 10.6. The molecule has 0 saturated heterocycles. The van der Waals surface area contributed by atoms with Crippen LogP contribution >= 0.6 is 22.6 Å². The Hall–Kier alpha value is -2.62. The maximum absolute atomic E-state index is 11.9. The van der Waals surface area contributed by atoms with Crippen LogP contribution in [0.3, 0.4) is 0 Å². The van der Waals surface area contributed by atoms with Gasteiger partial charge in [-0.1, -0.05) is 25.1 Å². The van der Waals surface area contributed by atoms with Crippen molar-refractivity contribution >= 4 is 46.3 Å². The number of nitrogens with one attached hydrogen (secondary N) is 2. The predicted molar refractivity (Wildman–Crippen MR) is 126 cm³/mol. The van der Waals surface area contributed by atoms with Crippen molar-refractivity contribution in [3.05, 3.63) is 51.6 Å². The molecule has 2 amide bonds. The second-order valence-electron chi connectivity index (χ2n) is 6.32. The Balaban J connectivity index is 1.87. The van der Waals surface area contributed by atoms with Crippen molar-refractivity contribution in [1.29, 1.82) is 0 Å². The molecule has 0 spiro atoms. The van der Waals surface area contributed by atoms with Gasteiger partial charge >= 0.3 is 0 Å². The topological polar surface area (TPSA) is 89.0 Å². The standard InChI is InChI=1S/C22H26IN3O4/c1-3-12-30-22-18(23)13-16(14-19(22)29-4-2)15-24-26-21(28)11-10-20(27)25-17-8-6-5-7-9-17/h5-9,13-15H,3-4,10-12H2,1-2H3,(H,25,27)(H,26,28). The molecule has 2 aromatic rings. The highest BCUT2D eigenvalue weighted by Crippen LogP contribution is 2.34. The summed E-state index contributed by atoms with van der Waals surface area (Å²) < 4.78 is 12.4. The molecule has 2 rings (SSSR count). The summed E-state index contributed by atoms with van der Waals surface area (Å²) >= 11 is 2.19. The number of hydrogen-bond acceptors (Lipinski definition) is 5. The molecule has 0 saturated carbocycles. The highest BCUT2D eigenvalue weighted by molar-refractivity contribution is 14.1. The lowest BCUT2D eigenvalue weighted by Crippen LogP contribution is -2.20. The number of anilines is 1. The SMILES string of the molecule is CCCOc1c(I)cc(C=NNC(=O)CCC(=O)Nc2ccccc2)cc1OCC. The summed E-state index contributed by atoms with van der Waals surface area (Å²) in [6.07, 6.45) is 2.56. The van der Waals surface area contributed by atoms with Crippen molar-refractivity contribution in [2.45, 2.75) is 33.1 Å². The number of carbonyl (C=O) groups is 2. The Morgan fingerprint density at radius 2 is 1.80 bits per heavy atom. The van der Waals surface area contributed by atoms with Crippen molar-refractivity contribution in [3.63, 3.8) is 0 Å². The van der Waals surface area contributed by atoms with Crippen LogP contribution in [-0.2, 0) is 9.59 Å². The molecular formula is C22H26IN3O4. The molecule has 2 aromatic carbocycles. The zero-order valence-corrected chi connectivity index (χ0v) is 19.3. The number of hydrogen-bond donors (Lipinski definition) is 2. The maximum Gasteiger partial charge on any atom is 0.240 e. The van der Waals surface area contributed by atoms with Gasteiger partial charge in [-0.25, -0.2) is 5.43 Å². The van der Waals surface area contributed by atoms with E-state index < -0.39 is 0 Å². The molecule has 7 nitrogen and oxygen atoms in total. The van der Waals surface area contributed by atoms with Crippen molar-refractivity contribution in [2.24, 2.45) is 5.10 Å². The van der Waals surface area contributed by atoms with Gasteiger partial charge in [0.1, 0.15) is 0 Å². The molecule has 0 aliphatic carbocycles. The van der Waals surface area contributed by atoms with Gasteiger partial charge in [-0.3, -0.25) is 9.59 Å². The van der Waals surface area contributed by atoms with E-state index in [1.54, 1.807) is 12.1 Å². The third-order valence-electron chi connectivity index (χ3n) is 3.82. The number of ether oxygens (including phenoxy) is 2. The van der Waals surface area contributed by atoms with E-state index in [0.717, 1.165) is 15.6 Å². The van der Waals surface area contributed by atoms with Crippen LogP contribution in [0, 0.1) is 3.57 Å². The molecular weight excluding hydrogens is 497 g/mol. The summed E-state index contributed by atoms with van der Waals surface area (Å²) in [5, 5.41) is 6.72. The van der Waals surface area contributed by atoms with Gasteiger partial charge < -0.3 is 14.8 Å². The lowest BCUT2D eigenvalue weighted by atomic mass is 10.2. The number of nitrogens with zero attached hydrogens (tertiary/aromatic N) is 1. The van der Waals surface area contributed by atoms with Crippen LogP contribution in [0.15, 0.2) is 47.6 Å². The summed E-state index contributed by atoms with van der Waals surface area (Å²) in [7, 11) is 0. The van der Waals surface area contributed by atoms with Gasteiger partial charge in [0.2, 0.25) is 11.8 Å². The summed E-state index contributed by atoms with van der Waals surface area (Å²) in [6, 6.07) is 12.8. The Kier molecular flexibility index (Phi) is 10.1. The van der Waals surface area contributed by atoms with E-state index in [-0.39, 0.29) is 24.7 Å². The van der Waals surface area contributed by atoms with E-state index in [0.29, 0.717) is 30.4 Å². The first-order chi connectivity index (χ1) is 14.5. The van der Waals surface area contributed by atoms with Crippen molar-refractivity contribution in [2.75, 3.05) is 18.5 Å². The van der Waals surface area contributed by atoms with E-state index in [2.05, 4.69) is 38.4 Å². The van der Waals surface area contributed by atoms with E-state index in [1.165, 1.54) is 6.21 Å². The Labute approximate surface area is 190 Å². The van der Waals surface area contributed by atoms with Crippen LogP contribution in [0.1, 0.15) is 38.7 Å². The largest absolute Gasteiger partial charge is 0.490 e. The number of amides is 2. The van der Waals surface area contributed by atoms with Gasteiger partial charge in [0, 0.05) is 18.5 Å². The van der Waals surface area contributed by atoms with Gasteiger partial charge in [0.15, 0.2) is 11.5 Å². The minimum Gasteiger partial charge on any atom is -0.490 e. The van der Waals surface area contributed by atoms with Crippen LogP contribution in [0.25, 0.3) is 0 Å². The van der Waals surface area contributed by atoms with Gasteiger partial charge in [-0.05, 0) is 65.8 Å². The molecule has 160 valence electrons. The lowest BCUT2D eigenvalue weighted by molar-refractivity contribution is -0.124. The molecule has 0 bridgehead atoms. The van der Waals surface area contributed by atoms with Crippen molar-refractivity contribution < 1.29 is 19.1 Å². The fourth-order valence-corrected chi connectivity index (χ4v) is 3.26. The van der Waals surface area contributed by atoms with Gasteiger partial charge in [-0.15, -0.1) is 0 Å². The molecule has 0 aliphatic heterocycles. The van der Waals surface area contributed by atoms with Gasteiger partial charge in [-0.2, -0.15) is 5.10 Å². The molecule has 0 aromatic heterocycles. The highest BCUT2D eigenvalue weighted by atomic mass is 127. The zero-order valence-electron chi connectivity index (χ0n) is 17.1. The number of para-hydroxylation sites is 1. The molecule has 0 radical (unpaired) electrons. The maximum atomic E-state index is 11.9. The molecule has 0 fully saturated rings. The van der Waals surface area contributed by atoms with Crippen LogP contribution < -0.4 is 20.2 Å². The average molecular weight is 523 g/mol. The van der Waals surface area contributed by atoms with Crippen molar-refractivity contribution in [3.8, 4) is 11.5 Å². The van der Waals surface area contributed by atoms with Crippen LogP contribution in [0.4, 0.5) is 5.69 Å². The third kappa shape index (κ3) is 8.02. The molecule has 0 aliphatic rings. The number of benzene rings is 2. The first kappa shape index (κ1) is 23.7. The summed E-state index contributed by atoms with van der Waals surface area (Å²) in [5.41, 5.74) is 3.92. The van der Waals surface area contributed by atoms with E-state index in [4.69, 9.17) is 9.47 Å². The lowest BCUT2D eigenvalue weighted by Gasteiger charge is -2.14. The van der Waals surface area contributed by atoms with Crippen molar-refractivity contribution in [1.82, 2.24) is 5.43 Å². The van der Waals surface area contributed by atoms with Crippen LogP contribution in [-0.4, -0.2) is 31.2 Å². The quantitative estimate of drug-likeness (QED) is 0.261. The number of carbonyl (C=O) groups excluding carboxylic acids is 2. The summed E-state index contributed by atoms with van der Waals surface area (Å²) in [4.78, 5) is 23.8. The fourth-order valence-electron chi connectivity index (χ4n) is 2.48. The minimum absolute atomic E-state index is 0.0432. The Bertz CT molecular complexity index is 872. The second-order valence-corrected chi connectivity index (χ2v) is 7.48. The first-order valence-electron chi connectivity index (χ1n) is 9.79. The fraction of sp³-hybridized carbons (Fsp3) is 0.318. The van der Waals surface area contributed by atoms with Crippen LogP contribution in [0.5, 0.6) is 11.5 Å². The molecule has 8 heteroatoms. The third-order valence-corrected chi connectivity index (χ3v) is 4.62. The van der Waals surface area contributed by atoms with Crippen LogP contribution in [0.2, 0.25) is 0 Å². The summed E-state index contributed by atoms with van der Waals surface area (Å²) in [6.45, 7) is 5.08. The Morgan fingerprint density at radius 3 is 2.50 bits per heavy atom. The highest BCUT2D eigenvalue weighted by Gasteiger charge is 2.12. The van der Waals surface area contributed by atoms with E-state index in [9.17, 15) is 9.59 Å². The van der Waals surface area contributed by atoms with Gasteiger partial charge in [0.05, 0.1) is 23.0 Å². The summed E-state index contributed by atoms with van der Waals surface area (Å²) in [5.74, 6) is 0.795. The van der Waals surface area contributed by atoms with E-state index >= 15 is 0 Å². The van der Waals surface area contributed by atoms with E-state index in [1.807, 2.05) is 44.2 Å². The Morgan fingerprint density at radius 1 is 1.07 bits per heavy atom. The number of hydrazone groups is 1. The second kappa shape index (κ2) is 12.8. The molecule has 30 heavy (non-hydrogen) atoms. The molecule has 0 unspecified atom stereocenters. The first-order valence-corrected chi connectivity index (χ1v) is 10.9. The number of rotatable bonds is 11. The predicted octanol–water partition coefficient (Wildman–Crippen LogP) is 4.35. The minimum atomic E-state index is -0.336.